The summed E-state index contributed by atoms with van der Waals surface area (Å²) in [4.78, 5) is 4.84. The number of benzene rings is 2. The molecule has 2 rings (SSSR count). The van der Waals surface area contributed by atoms with Crippen LogP contribution in [-0.4, -0.2) is 41.6 Å². The van der Waals surface area contributed by atoms with Crippen molar-refractivity contribution in [3.63, 3.8) is 0 Å². The molecule has 0 aliphatic rings. The van der Waals surface area contributed by atoms with Gasteiger partial charge in [0.25, 0.3) is 0 Å². The van der Waals surface area contributed by atoms with Gasteiger partial charge in [0.05, 0.1) is 6.61 Å². The van der Waals surface area contributed by atoms with Crippen LogP contribution >= 0.6 is 15.9 Å². The lowest BCUT2D eigenvalue weighted by Crippen LogP contribution is -2.41. The third-order valence-corrected chi connectivity index (χ3v) is 5.38. The maximum absolute atomic E-state index is 9.45. The predicted molar refractivity (Wildman–Crippen MR) is 124 cm³/mol. The first-order valence-corrected chi connectivity index (χ1v) is 11.1. The van der Waals surface area contributed by atoms with E-state index in [0.717, 1.165) is 29.7 Å². The SMILES string of the molecule is CC.CCC[C@@H](CN(C)C)N(Cc1cccc(CO)c1)Cc1ccccc1Br. The van der Waals surface area contributed by atoms with Crippen LogP contribution in [0.2, 0.25) is 0 Å². The van der Waals surface area contributed by atoms with Gasteiger partial charge >= 0.3 is 0 Å². The molecule has 3 nitrogen and oxygen atoms in total. The molecule has 0 fully saturated rings. The zero-order valence-electron chi connectivity index (χ0n) is 18.2. The Bertz CT molecular complexity index is 675. The van der Waals surface area contributed by atoms with Gasteiger partial charge in [0.15, 0.2) is 0 Å². The number of nitrogens with zero attached hydrogens (tertiary/aromatic N) is 2. The molecule has 0 aromatic heterocycles. The summed E-state index contributed by atoms with van der Waals surface area (Å²) in [5, 5.41) is 9.45. The summed E-state index contributed by atoms with van der Waals surface area (Å²) < 4.78 is 1.16. The van der Waals surface area contributed by atoms with E-state index < -0.39 is 0 Å². The standard InChI is InChI=1S/C22H31BrN2O.C2H6/c1-4-8-21(16-24(2)3)25(15-20-11-5-6-12-22(20)23)14-18-9-7-10-19(13-18)17-26;1-2/h5-7,9-13,21,26H,4,8,14-17H2,1-3H3;1-2H3/t21-;/m0./s1. The molecular weight excluding hydrogens is 412 g/mol. The molecule has 0 bridgehead atoms. The Kier molecular flexibility index (Phi) is 12.3. The zero-order chi connectivity index (χ0) is 20.9. The van der Waals surface area contributed by atoms with Crippen molar-refractivity contribution in [2.24, 2.45) is 0 Å². The first kappa shape index (κ1) is 24.8. The highest BCUT2D eigenvalue weighted by molar-refractivity contribution is 9.10. The van der Waals surface area contributed by atoms with Crippen LogP contribution in [0.3, 0.4) is 0 Å². The molecule has 28 heavy (non-hydrogen) atoms. The molecule has 1 atom stereocenters. The molecule has 0 saturated carbocycles. The molecular formula is C24H37BrN2O. The number of aliphatic hydroxyl groups is 1. The Balaban J connectivity index is 0.00000190. The van der Waals surface area contributed by atoms with Crippen molar-refractivity contribution < 1.29 is 5.11 Å². The average Bonchev–Trinajstić information content (AvgIpc) is 2.70. The topological polar surface area (TPSA) is 26.7 Å². The van der Waals surface area contributed by atoms with Crippen LogP contribution in [0.5, 0.6) is 0 Å². The third-order valence-electron chi connectivity index (χ3n) is 4.61. The molecule has 2 aromatic rings. The van der Waals surface area contributed by atoms with E-state index in [1.165, 1.54) is 24.0 Å². The molecule has 4 heteroatoms. The van der Waals surface area contributed by atoms with E-state index in [-0.39, 0.29) is 6.61 Å². The van der Waals surface area contributed by atoms with E-state index in [2.05, 4.69) is 83.1 Å². The second-order valence-corrected chi connectivity index (χ2v) is 8.03. The van der Waals surface area contributed by atoms with Crippen molar-refractivity contribution in [1.82, 2.24) is 9.80 Å². The summed E-state index contributed by atoms with van der Waals surface area (Å²) >= 11 is 3.70. The molecule has 0 heterocycles. The Hall–Kier alpha value is -1.20. The van der Waals surface area contributed by atoms with E-state index in [4.69, 9.17) is 0 Å². The van der Waals surface area contributed by atoms with Gasteiger partial charge in [-0.15, -0.1) is 0 Å². The van der Waals surface area contributed by atoms with Crippen molar-refractivity contribution >= 4 is 15.9 Å². The number of halogens is 1. The summed E-state index contributed by atoms with van der Waals surface area (Å²) in [7, 11) is 4.29. The number of hydrogen-bond acceptors (Lipinski definition) is 3. The van der Waals surface area contributed by atoms with Gasteiger partial charge in [-0.25, -0.2) is 0 Å². The van der Waals surface area contributed by atoms with Crippen LogP contribution in [0, 0.1) is 0 Å². The van der Waals surface area contributed by atoms with Gasteiger partial charge in [-0.2, -0.15) is 0 Å². The van der Waals surface area contributed by atoms with Gasteiger partial charge in [0.2, 0.25) is 0 Å². The summed E-state index contributed by atoms with van der Waals surface area (Å²) in [5.74, 6) is 0. The molecule has 2 aromatic carbocycles. The maximum Gasteiger partial charge on any atom is 0.0681 e. The number of aliphatic hydroxyl groups excluding tert-OH is 1. The Morgan fingerprint density at radius 2 is 1.64 bits per heavy atom. The average molecular weight is 449 g/mol. The normalized spacial score (nSPS) is 12.0. The lowest BCUT2D eigenvalue weighted by atomic mass is 10.0. The van der Waals surface area contributed by atoms with Crippen LogP contribution in [0.1, 0.15) is 50.3 Å². The van der Waals surface area contributed by atoms with Gasteiger partial charge < -0.3 is 10.0 Å². The largest absolute Gasteiger partial charge is 0.392 e. The molecule has 1 N–H and O–H groups in total. The Labute approximate surface area is 180 Å². The van der Waals surface area contributed by atoms with Crippen molar-refractivity contribution in [3.8, 4) is 0 Å². The summed E-state index contributed by atoms with van der Waals surface area (Å²) in [6.07, 6.45) is 2.34. The van der Waals surface area contributed by atoms with Gasteiger partial charge in [0, 0.05) is 30.1 Å². The summed E-state index contributed by atoms with van der Waals surface area (Å²) in [6, 6.07) is 17.2. The lowest BCUT2D eigenvalue weighted by Gasteiger charge is -2.34. The lowest BCUT2D eigenvalue weighted by molar-refractivity contribution is 0.137. The monoisotopic (exact) mass is 448 g/mol. The van der Waals surface area contributed by atoms with Crippen LogP contribution in [0.15, 0.2) is 53.0 Å². The Morgan fingerprint density at radius 1 is 0.964 bits per heavy atom. The van der Waals surface area contributed by atoms with Crippen LogP contribution in [0.4, 0.5) is 0 Å². The fourth-order valence-corrected chi connectivity index (χ4v) is 3.77. The zero-order valence-corrected chi connectivity index (χ0v) is 19.7. The van der Waals surface area contributed by atoms with Crippen molar-refractivity contribution in [2.75, 3.05) is 20.6 Å². The highest BCUT2D eigenvalue weighted by atomic mass is 79.9. The third kappa shape index (κ3) is 8.44. The Morgan fingerprint density at radius 3 is 2.25 bits per heavy atom. The minimum absolute atomic E-state index is 0.0914. The van der Waals surface area contributed by atoms with Gasteiger partial charge in [-0.1, -0.05) is 85.6 Å². The molecule has 0 spiro atoms. The van der Waals surface area contributed by atoms with Crippen LogP contribution in [-0.2, 0) is 19.7 Å². The first-order chi connectivity index (χ1) is 13.5. The molecule has 0 amide bonds. The smallest absolute Gasteiger partial charge is 0.0681 e. The van der Waals surface area contributed by atoms with E-state index in [1.54, 1.807) is 0 Å². The molecule has 0 unspecified atom stereocenters. The molecule has 0 radical (unpaired) electrons. The number of likely N-dealkylation sites (N-methyl/N-ethyl adjacent to an activating group) is 1. The maximum atomic E-state index is 9.45. The number of hydrogen-bond donors (Lipinski definition) is 1. The quantitative estimate of drug-likeness (QED) is 0.504. The minimum Gasteiger partial charge on any atom is -0.392 e. The van der Waals surface area contributed by atoms with Crippen molar-refractivity contribution in [3.05, 3.63) is 69.7 Å². The van der Waals surface area contributed by atoms with Gasteiger partial charge in [0.1, 0.15) is 0 Å². The fraction of sp³-hybridized carbons (Fsp3) is 0.500. The van der Waals surface area contributed by atoms with E-state index >= 15 is 0 Å². The predicted octanol–water partition coefficient (Wildman–Crippen LogP) is 5.70. The molecule has 156 valence electrons. The second kappa shape index (κ2) is 13.9. The van der Waals surface area contributed by atoms with Gasteiger partial charge in [-0.05, 0) is 43.3 Å². The molecule has 0 aliphatic carbocycles. The summed E-state index contributed by atoms with van der Waals surface area (Å²) in [5.41, 5.74) is 3.54. The number of rotatable bonds is 10. The summed E-state index contributed by atoms with van der Waals surface area (Å²) in [6.45, 7) is 9.18. The molecule has 0 saturated heterocycles. The van der Waals surface area contributed by atoms with Crippen molar-refractivity contribution in [1.29, 1.82) is 0 Å². The highest BCUT2D eigenvalue weighted by Crippen LogP contribution is 2.22. The van der Waals surface area contributed by atoms with E-state index in [1.807, 2.05) is 26.0 Å². The van der Waals surface area contributed by atoms with Crippen LogP contribution in [0.25, 0.3) is 0 Å². The highest BCUT2D eigenvalue weighted by Gasteiger charge is 2.20. The van der Waals surface area contributed by atoms with E-state index in [0.29, 0.717) is 6.04 Å². The first-order valence-electron chi connectivity index (χ1n) is 10.3. The van der Waals surface area contributed by atoms with Crippen molar-refractivity contribution in [2.45, 2.75) is 59.4 Å². The fourth-order valence-electron chi connectivity index (χ4n) is 3.36. The minimum atomic E-state index is 0.0914. The van der Waals surface area contributed by atoms with Gasteiger partial charge in [-0.3, -0.25) is 4.90 Å². The second-order valence-electron chi connectivity index (χ2n) is 7.18. The van der Waals surface area contributed by atoms with E-state index in [9.17, 15) is 5.11 Å². The molecule has 0 aliphatic heterocycles. The van der Waals surface area contributed by atoms with Crippen LogP contribution < -0.4 is 0 Å².